The van der Waals surface area contributed by atoms with E-state index in [-0.39, 0.29) is 23.9 Å². The van der Waals surface area contributed by atoms with Crippen molar-refractivity contribution in [3.8, 4) is 0 Å². The lowest BCUT2D eigenvalue weighted by Gasteiger charge is -2.06. The molecule has 0 aliphatic rings. The van der Waals surface area contributed by atoms with Gasteiger partial charge in [-0.3, -0.25) is 4.79 Å². The molecule has 0 aliphatic carbocycles. The number of nitrogens with two attached hydrogens (primary N) is 1. The second kappa shape index (κ2) is 7.39. The molecule has 0 bridgehead atoms. The number of carbonyl (C=O) groups is 1. The quantitative estimate of drug-likeness (QED) is 0.822. The lowest BCUT2D eigenvalue weighted by Crippen LogP contribution is -2.12. The van der Waals surface area contributed by atoms with Gasteiger partial charge in [0, 0.05) is 6.42 Å². The summed E-state index contributed by atoms with van der Waals surface area (Å²) in [6, 6.07) is 13.9. The molecule has 2 rings (SSSR count). The van der Waals surface area contributed by atoms with Crippen molar-refractivity contribution >= 4 is 16.0 Å². The van der Waals surface area contributed by atoms with E-state index in [9.17, 15) is 13.2 Å². The molecule has 0 aromatic heterocycles. The zero-order valence-electron chi connectivity index (χ0n) is 12.9. The van der Waals surface area contributed by atoms with Crippen molar-refractivity contribution in [1.82, 2.24) is 0 Å². The molecule has 0 radical (unpaired) electrons. The van der Waals surface area contributed by atoms with Gasteiger partial charge >= 0.3 is 5.97 Å². The Kier molecular flexibility index (Phi) is 5.52. The van der Waals surface area contributed by atoms with E-state index in [1.54, 1.807) is 12.1 Å². The van der Waals surface area contributed by atoms with Crippen LogP contribution in [0, 0.1) is 6.92 Å². The molecule has 0 saturated heterocycles. The predicted molar refractivity (Wildman–Crippen MR) is 87.1 cm³/mol. The Hall–Kier alpha value is -2.18. The summed E-state index contributed by atoms with van der Waals surface area (Å²) in [5, 5.41) is 5.03. The van der Waals surface area contributed by atoms with Crippen LogP contribution in [0.2, 0.25) is 0 Å². The highest BCUT2D eigenvalue weighted by Crippen LogP contribution is 2.11. The van der Waals surface area contributed by atoms with Gasteiger partial charge in [0.25, 0.3) is 0 Å². The van der Waals surface area contributed by atoms with E-state index < -0.39 is 10.0 Å². The number of ether oxygens (including phenoxy) is 1. The summed E-state index contributed by atoms with van der Waals surface area (Å²) < 4.78 is 27.5. The molecule has 2 N–H and O–H groups in total. The molecule has 0 fully saturated rings. The zero-order chi connectivity index (χ0) is 16.9. The third kappa shape index (κ3) is 5.50. The second-order valence-electron chi connectivity index (χ2n) is 5.34. The van der Waals surface area contributed by atoms with Crippen molar-refractivity contribution in [1.29, 1.82) is 0 Å². The smallest absolute Gasteiger partial charge is 0.306 e. The fourth-order valence-corrected chi connectivity index (χ4v) is 2.65. The fraction of sp³-hybridized carbons (Fsp3) is 0.235. The highest BCUT2D eigenvalue weighted by Gasteiger charge is 2.08. The summed E-state index contributed by atoms with van der Waals surface area (Å²) >= 11 is 0. The van der Waals surface area contributed by atoms with Crippen LogP contribution >= 0.6 is 0 Å². The van der Waals surface area contributed by atoms with Gasteiger partial charge in [-0.25, -0.2) is 13.6 Å². The first-order valence-electron chi connectivity index (χ1n) is 7.17. The Labute approximate surface area is 136 Å². The Balaban J connectivity index is 1.82. The first kappa shape index (κ1) is 17.2. The number of esters is 1. The topological polar surface area (TPSA) is 86.5 Å². The molecule has 6 heteroatoms. The monoisotopic (exact) mass is 333 g/mol. The van der Waals surface area contributed by atoms with Crippen molar-refractivity contribution in [3.05, 3.63) is 65.2 Å². The third-order valence-electron chi connectivity index (χ3n) is 3.35. The summed E-state index contributed by atoms with van der Waals surface area (Å²) in [6.45, 7) is 2.24. The molecule has 0 atom stereocenters. The minimum Gasteiger partial charge on any atom is -0.461 e. The molecule has 0 heterocycles. The van der Waals surface area contributed by atoms with E-state index in [0.29, 0.717) is 6.42 Å². The van der Waals surface area contributed by atoms with Crippen molar-refractivity contribution in [2.24, 2.45) is 5.14 Å². The van der Waals surface area contributed by atoms with E-state index in [1.807, 2.05) is 31.2 Å². The van der Waals surface area contributed by atoms with Crippen LogP contribution in [0.25, 0.3) is 0 Å². The van der Waals surface area contributed by atoms with Crippen LogP contribution in [0.1, 0.15) is 23.1 Å². The predicted octanol–water partition coefficient (Wildman–Crippen LogP) is 2.32. The number of hydrogen-bond acceptors (Lipinski definition) is 4. The van der Waals surface area contributed by atoms with E-state index in [0.717, 1.165) is 16.7 Å². The Bertz CT molecular complexity index is 782. The van der Waals surface area contributed by atoms with E-state index in [4.69, 9.17) is 9.88 Å². The maximum Gasteiger partial charge on any atom is 0.306 e. The van der Waals surface area contributed by atoms with Crippen LogP contribution in [0.3, 0.4) is 0 Å². The van der Waals surface area contributed by atoms with Gasteiger partial charge in [0.2, 0.25) is 10.0 Å². The average Bonchev–Trinajstić information content (AvgIpc) is 2.50. The number of aryl methyl sites for hydroxylation is 2. The lowest BCUT2D eigenvalue weighted by molar-refractivity contribution is -0.144. The van der Waals surface area contributed by atoms with Crippen LogP contribution in [0.15, 0.2) is 53.4 Å². The molecule has 2 aromatic carbocycles. The number of primary sulfonamides is 1. The average molecular weight is 333 g/mol. The minimum atomic E-state index is -3.69. The van der Waals surface area contributed by atoms with Crippen molar-refractivity contribution in [2.45, 2.75) is 31.3 Å². The first-order valence-corrected chi connectivity index (χ1v) is 8.72. The number of hydrogen-bond donors (Lipinski definition) is 1. The normalized spacial score (nSPS) is 11.2. The Morgan fingerprint density at radius 3 is 2.39 bits per heavy atom. The van der Waals surface area contributed by atoms with Gasteiger partial charge in [-0.2, -0.15) is 0 Å². The van der Waals surface area contributed by atoms with Crippen LogP contribution < -0.4 is 5.14 Å². The van der Waals surface area contributed by atoms with Gasteiger partial charge in [-0.05, 0) is 36.6 Å². The zero-order valence-corrected chi connectivity index (χ0v) is 13.7. The summed E-state index contributed by atoms with van der Waals surface area (Å²) in [5.74, 6) is -0.290. The van der Waals surface area contributed by atoms with Crippen molar-refractivity contribution < 1.29 is 17.9 Å². The van der Waals surface area contributed by atoms with Gasteiger partial charge in [0.05, 0.1) is 4.90 Å². The number of sulfonamides is 1. The minimum absolute atomic E-state index is 0.0586. The maximum absolute atomic E-state index is 11.8. The Morgan fingerprint density at radius 2 is 1.78 bits per heavy atom. The molecule has 5 nitrogen and oxygen atoms in total. The molecule has 122 valence electrons. The Morgan fingerprint density at radius 1 is 1.09 bits per heavy atom. The standard InChI is InChI=1S/C17H19NO4S/c1-13-3-2-4-15(11-13)12-22-17(19)10-7-14-5-8-16(9-6-14)23(18,20)21/h2-6,8-9,11H,7,10,12H2,1H3,(H2,18,20,21). The van der Waals surface area contributed by atoms with Crippen LogP contribution in [-0.4, -0.2) is 14.4 Å². The summed E-state index contributed by atoms with van der Waals surface area (Å²) in [5.41, 5.74) is 2.93. The largest absolute Gasteiger partial charge is 0.461 e. The van der Waals surface area contributed by atoms with Crippen LogP contribution in [0.5, 0.6) is 0 Å². The third-order valence-corrected chi connectivity index (χ3v) is 4.28. The maximum atomic E-state index is 11.8. The van der Waals surface area contributed by atoms with Gasteiger partial charge in [0.1, 0.15) is 6.61 Å². The SMILES string of the molecule is Cc1cccc(COC(=O)CCc2ccc(S(N)(=O)=O)cc2)c1. The van der Waals surface area contributed by atoms with Gasteiger partial charge in [-0.1, -0.05) is 42.0 Å². The molecular weight excluding hydrogens is 314 g/mol. The second-order valence-corrected chi connectivity index (χ2v) is 6.90. The van der Waals surface area contributed by atoms with E-state index in [1.165, 1.54) is 12.1 Å². The molecule has 0 amide bonds. The van der Waals surface area contributed by atoms with Crippen LogP contribution in [-0.2, 0) is 32.6 Å². The molecule has 0 saturated carbocycles. The number of benzene rings is 2. The first-order chi connectivity index (χ1) is 10.8. The molecule has 23 heavy (non-hydrogen) atoms. The molecule has 0 aliphatic heterocycles. The lowest BCUT2D eigenvalue weighted by atomic mass is 10.1. The van der Waals surface area contributed by atoms with E-state index >= 15 is 0 Å². The number of rotatable bonds is 6. The number of carbonyl (C=O) groups excluding carboxylic acids is 1. The fourth-order valence-electron chi connectivity index (χ4n) is 2.13. The molecule has 0 unspecified atom stereocenters. The molecule has 0 spiro atoms. The van der Waals surface area contributed by atoms with Gasteiger partial charge in [-0.15, -0.1) is 0 Å². The van der Waals surface area contributed by atoms with Gasteiger partial charge < -0.3 is 4.74 Å². The van der Waals surface area contributed by atoms with E-state index in [2.05, 4.69) is 0 Å². The summed E-state index contributed by atoms with van der Waals surface area (Å²) in [7, 11) is -3.69. The highest BCUT2D eigenvalue weighted by molar-refractivity contribution is 7.89. The molecule has 2 aromatic rings. The van der Waals surface area contributed by atoms with Crippen molar-refractivity contribution in [2.75, 3.05) is 0 Å². The summed E-state index contributed by atoms with van der Waals surface area (Å²) in [4.78, 5) is 11.8. The van der Waals surface area contributed by atoms with Gasteiger partial charge in [0.15, 0.2) is 0 Å². The summed E-state index contributed by atoms with van der Waals surface area (Å²) in [6.07, 6.45) is 0.720. The highest BCUT2D eigenvalue weighted by atomic mass is 32.2. The van der Waals surface area contributed by atoms with Crippen LogP contribution in [0.4, 0.5) is 0 Å². The van der Waals surface area contributed by atoms with Crippen molar-refractivity contribution in [3.63, 3.8) is 0 Å². The molecular formula is C17H19NO4S.